The summed E-state index contributed by atoms with van der Waals surface area (Å²) >= 11 is 0. The molecule has 0 amide bonds. The van der Waals surface area contributed by atoms with Crippen molar-refractivity contribution >= 4 is 5.82 Å². The van der Waals surface area contributed by atoms with Gasteiger partial charge < -0.3 is 14.8 Å². The molecule has 0 aliphatic carbocycles. The van der Waals surface area contributed by atoms with Crippen molar-refractivity contribution in [3.63, 3.8) is 0 Å². The number of nitrogens with zero attached hydrogens (tertiary/aromatic N) is 2. The Morgan fingerprint density at radius 3 is 3.00 bits per heavy atom. The molecule has 5 nitrogen and oxygen atoms in total. The van der Waals surface area contributed by atoms with E-state index in [0.29, 0.717) is 24.5 Å². The molecule has 2 heterocycles. The lowest BCUT2D eigenvalue weighted by Crippen LogP contribution is -2.21. The zero-order chi connectivity index (χ0) is 13.0. The van der Waals surface area contributed by atoms with Crippen LogP contribution in [0.1, 0.15) is 26.1 Å². The van der Waals surface area contributed by atoms with E-state index in [1.165, 1.54) is 0 Å². The zero-order valence-electron chi connectivity index (χ0n) is 11.3. The molecule has 2 unspecified atom stereocenters. The maximum Gasteiger partial charge on any atom is 0.218 e. The Morgan fingerprint density at radius 1 is 1.50 bits per heavy atom. The summed E-state index contributed by atoms with van der Waals surface area (Å²) in [6.07, 6.45) is 1.43. The fourth-order valence-corrected chi connectivity index (χ4v) is 2.13. The van der Waals surface area contributed by atoms with Gasteiger partial charge >= 0.3 is 0 Å². The van der Waals surface area contributed by atoms with Crippen molar-refractivity contribution < 1.29 is 9.47 Å². The summed E-state index contributed by atoms with van der Waals surface area (Å²) in [5.41, 5.74) is 0. The van der Waals surface area contributed by atoms with Gasteiger partial charge in [-0.05, 0) is 27.2 Å². The van der Waals surface area contributed by atoms with Gasteiger partial charge in [-0.1, -0.05) is 0 Å². The first-order valence-corrected chi connectivity index (χ1v) is 6.53. The maximum atomic E-state index is 5.54. The predicted molar refractivity (Wildman–Crippen MR) is 69.9 cm³/mol. The van der Waals surface area contributed by atoms with Crippen LogP contribution in [0.4, 0.5) is 5.82 Å². The Morgan fingerprint density at radius 2 is 2.33 bits per heavy atom. The Balaban J connectivity index is 1.95. The van der Waals surface area contributed by atoms with Crippen LogP contribution in [-0.2, 0) is 4.74 Å². The number of aromatic nitrogens is 2. The summed E-state index contributed by atoms with van der Waals surface area (Å²) in [5.74, 6) is 2.73. The molecule has 1 aromatic rings. The van der Waals surface area contributed by atoms with Gasteiger partial charge in [0, 0.05) is 25.1 Å². The van der Waals surface area contributed by atoms with E-state index in [4.69, 9.17) is 9.47 Å². The minimum Gasteiger partial charge on any atom is -0.478 e. The molecule has 1 fully saturated rings. The molecular formula is C13H21N3O2. The number of rotatable bonds is 5. The molecule has 0 radical (unpaired) electrons. The number of nitrogens with one attached hydrogen (secondary N) is 1. The van der Waals surface area contributed by atoms with Crippen LogP contribution in [-0.4, -0.2) is 35.8 Å². The van der Waals surface area contributed by atoms with Crippen molar-refractivity contribution in [3.8, 4) is 5.88 Å². The molecule has 18 heavy (non-hydrogen) atoms. The van der Waals surface area contributed by atoms with Gasteiger partial charge in [0.25, 0.3) is 0 Å². The first kappa shape index (κ1) is 13.1. The molecule has 1 saturated heterocycles. The first-order valence-electron chi connectivity index (χ1n) is 6.53. The van der Waals surface area contributed by atoms with Crippen LogP contribution >= 0.6 is 0 Å². The first-order chi connectivity index (χ1) is 8.69. The molecule has 1 aliphatic rings. The van der Waals surface area contributed by atoms with Gasteiger partial charge in [0.2, 0.25) is 5.88 Å². The van der Waals surface area contributed by atoms with Gasteiger partial charge in [0.15, 0.2) is 0 Å². The van der Waals surface area contributed by atoms with Crippen LogP contribution in [0.5, 0.6) is 5.88 Å². The average Bonchev–Trinajstić information content (AvgIpc) is 2.72. The van der Waals surface area contributed by atoms with E-state index in [1.54, 1.807) is 0 Å². The third-order valence-corrected chi connectivity index (χ3v) is 3.19. The second-order valence-corrected chi connectivity index (χ2v) is 4.58. The minimum absolute atomic E-state index is 0.326. The van der Waals surface area contributed by atoms with E-state index >= 15 is 0 Å². The summed E-state index contributed by atoms with van der Waals surface area (Å²) in [6.45, 7) is 8.29. The van der Waals surface area contributed by atoms with Crippen molar-refractivity contribution in [2.75, 3.05) is 25.1 Å². The van der Waals surface area contributed by atoms with Crippen molar-refractivity contribution in [2.24, 2.45) is 5.92 Å². The van der Waals surface area contributed by atoms with Gasteiger partial charge in [0.05, 0.1) is 12.7 Å². The van der Waals surface area contributed by atoms with Gasteiger partial charge in [-0.3, -0.25) is 0 Å². The number of anilines is 1. The smallest absolute Gasteiger partial charge is 0.218 e. The number of ether oxygens (including phenoxy) is 2. The molecule has 1 N–H and O–H groups in total. The van der Waals surface area contributed by atoms with E-state index in [1.807, 2.05) is 19.9 Å². The second-order valence-electron chi connectivity index (χ2n) is 4.58. The lowest BCUT2D eigenvalue weighted by molar-refractivity contribution is 0.108. The number of aryl methyl sites for hydroxylation is 1. The molecule has 100 valence electrons. The average molecular weight is 251 g/mol. The van der Waals surface area contributed by atoms with E-state index in [-0.39, 0.29) is 0 Å². The molecule has 2 rings (SSSR count). The van der Waals surface area contributed by atoms with Crippen molar-refractivity contribution in [2.45, 2.75) is 33.3 Å². The third-order valence-electron chi connectivity index (χ3n) is 3.19. The molecular weight excluding hydrogens is 230 g/mol. The third kappa shape index (κ3) is 3.32. The maximum absolute atomic E-state index is 5.54. The number of hydrogen-bond donors (Lipinski definition) is 1. The lowest BCUT2D eigenvalue weighted by Gasteiger charge is -2.15. The summed E-state index contributed by atoms with van der Waals surface area (Å²) in [4.78, 5) is 8.58. The monoisotopic (exact) mass is 251 g/mol. The quantitative estimate of drug-likeness (QED) is 0.867. The normalized spacial score (nSPS) is 23.1. The molecule has 1 aromatic heterocycles. The molecule has 0 saturated carbocycles. The summed E-state index contributed by atoms with van der Waals surface area (Å²) < 4.78 is 10.9. The van der Waals surface area contributed by atoms with Gasteiger partial charge in [0.1, 0.15) is 11.6 Å². The van der Waals surface area contributed by atoms with Crippen molar-refractivity contribution in [1.29, 1.82) is 0 Å². The Bertz CT molecular complexity index is 398. The highest BCUT2D eigenvalue weighted by molar-refractivity contribution is 5.38. The fraction of sp³-hybridized carbons (Fsp3) is 0.692. The van der Waals surface area contributed by atoms with Crippen LogP contribution < -0.4 is 10.1 Å². The van der Waals surface area contributed by atoms with Gasteiger partial charge in [-0.25, -0.2) is 4.98 Å². The topological polar surface area (TPSA) is 56.3 Å². The van der Waals surface area contributed by atoms with Crippen LogP contribution in [0.3, 0.4) is 0 Å². The van der Waals surface area contributed by atoms with Crippen LogP contribution in [0.2, 0.25) is 0 Å². The SMILES string of the molecule is CCOc1cc(NCC2CCOC2C)nc(C)n1. The highest BCUT2D eigenvalue weighted by Gasteiger charge is 2.23. The highest BCUT2D eigenvalue weighted by Crippen LogP contribution is 2.21. The summed E-state index contributed by atoms with van der Waals surface area (Å²) in [7, 11) is 0. The predicted octanol–water partition coefficient (Wildman–Crippen LogP) is 2.02. The van der Waals surface area contributed by atoms with Crippen LogP contribution in [0.15, 0.2) is 6.07 Å². The molecule has 1 aliphatic heterocycles. The second kappa shape index (κ2) is 6.00. The van der Waals surface area contributed by atoms with E-state index in [2.05, 4.69) is 22.2 Å². The Labute approximate surface area is 108 Å². The molecule has 2 atom stereocenters. The largest absolute Gasteiger partial charge is 0.478 e. The highest BCUT2D eigenvalue weighted by atomic mass is 16.5. The van der Waals surface area contributed by atoms with Gasteiger partial charge in [-0.15, -0.1) is 0 Å². The van der Waals surface area contributed by atoms with Crippen molar-refractivity contribution in [1.82, 2.24) is 9.97 Å². The summed E-state index contributed by atoms with van der Waals surface area (Å²) in [5, 5.41) is 3.35. The van der Waals surface area contributed by atoms with Gasteiger partial charge in [-0.2, -0.15) is 4.98 Å². The minimum atomic E-state index is 0.326. The molecule has 0 aromatic carbocycles. The molecule has 0 spiro atoms. The van der Waals surface area contributed by atoms with Crippen LogP contribution in [0, 0.1) is 12.8 Å². The Hall–Kier alpha value is -1.36. The zero-order valence-corrected chi connectivity index (χ0v) is 11.3. The fourth-order valence-electron chi connectivity index (χ4n) is 2.13. The van der Waals surface area contributed by atoms with E-state index < -0.39 is 0 Å². The van der Waals surface area contributed by atoms with Crippen molar-refractivity contribution in [3.05, 3.63) is 11.9 Å². The lowest BCUT2D eigenvalue weighted by atomic mass is 10.0. The van der Waals surface area contributed by atoms with Crippen LogP contribution in [0.25, 0.3) is 0 Å². The van der Waals surface area contributed by atoms with E-state index in [0.717, 1.165) is 31.2 Å². The Kier molecular flexibility index (Phi) is 4.36. The molecule has 5 heteroatoms. The molecule has 0 bridgehead atoms. The summed E-state index contributed by atoms with van der Waals surface area (Å²) in [6, 6.07) is 1.84. The van der Waals surface area contributed by atoms with E-state index in [9.17, 15) is 0 Å². The number of hydrogen-bond acceptors (Lipinski definition) is 5. The standard InChI is InChI=1S/C13H21N3O2/c1-4-17-13-7-12(15-10(3)16-13)14-8-11-5-6-18-9(11)2/h7,9,11H,4-6,8H2,1-3H3,(H,14,15,16).